The largest absolute Gasteiger partial charge is 0.463 e. The van der Waals surface area contributed by atoms with Crippen molar-refractivity contribution in [1.29, 1.82) is 0 Å². The summed E-state index contributed by atoms with van der Waals surface area (Å²) in [6.07, 6.45) is 1.43. The van der Waals surface area contributed by atoms with Gasteiger partial charge < -0.3 is 19.2 Å². The molecular formula is C25H20N2O7. The molecule has 1 aliphatic heterocycles. The third-order valence-corrected chi connectivity index (χ3v) is 5.00. The molecule has 1 fully saturated rings. The second kappa shape index (κ2) is 9.45. The Balaban J connectivity index is 1.53. The van der Waals surface area contributed by atoms with Crippen molar-refractivity contribution in [1.82, 2.24) is 10.2 Å². The Morgan fingerprint density at radius 1 is 1.03 bits per heavy atom. The molecule has 3 aromatic rings. The van der Waals surface area contributed by atoms with Crippen molar-refractivity contribution in [2.45, 2.75) is 13.5 Å². The highest BCUT2D eigenvalue weighted by atomic mass is 16.5. The number of urea groups is 1. The van der Waals surface area contributed by atoms with Crippen molar-refractivity contribution >= 4 is 30.0 Å². The summed E-state index contributed by atoms with van der Waals surface area (Å²) in [5.74, 6) is -1.38. The number of hydrogen-bond acceptors (Lipinski definition) is 7. The number of rotatable bonds is 6. The zero-order valence-corrected chi connectivity index (χ0v) is 18.4. The first-order chi connectivity index (χ1) is 16.4. The van der Waals surface area contributed by atoms with Crippen molar-refractivity contribution in [3.05, 3.63) is 94.6 Å². The van der Waals surface area contributed by atoms with Gasteiger partial charge in [0.25, 0.3) is 5.91 Å². The molecule has 3 amide bonds. The molecule has 172 valence electrons. The molecule has 0 spiro atoms. The summed E-state index contributed by atoms with van der Waals surface area (Å²) in [7, 11) is 1.22. The number of hydrogen-bond donors (Lipinski definition) is 1. The van der Waals surface area contributed by atoms with E-state index in [0.717, 1.165) is 10.5 Å². The maximum Gasteiger partial charge on any atom is 0.373 e. The number of para-hydroxylation sites is 1. The summed E-state index contributed by atoms with van der Waals surface area (Å²) in [5, 5.41) is 2.51. The van der Waals surface area contributed by atoms with Crippen molar-refractivity contribution in [2.24, 2.45) is 0 Å². The Kier molecular flexibility index (Phi) is 6.26. The Morgan fingerprint density at radius 3 is 2.59 bits per heavy atom. The average Bonchev–Trinajstić information content (AvgIpc) is 3.40. The van der Waals surface area contributed by atoms with E-state index in [1.807, 2.05) is 13.0 Å². The lowest BCUT2D eigenvalue weighted by molar-refractivity contribution is -0.123. The first-order valence-electron chi connectivity index (χ1n) is 10.2. The number of methoxy groups -OCH3 is 1. The Bertz CT molecular complexity index is 1320. The predicted octanol–water partition coefficient (Wildman–Crippen LogP) is 3.69. The third kappa shape index (κ3) is 4.73. The molecule has 0 atom stereocenters. The van der Waals surface area contributed by atoms with Gasteiger partial charge in [-0.1, -0.05) is 35.9 Å². The Hall–Kier alpha value is -4.66. The molecule has 1 aromatic heterocycles. The van der Waals surface area contributed by atoms with E-state index in [1.54, 1.807) is 42.5 Å². The summed E-state index contributed by atoms with van der Waals surface area (Å²) in [4.78, 5) is 50.3. The quantitative estimate of drug-likeness (QED) is 0.258. The van der Waals surface area contributed by atoms with Gasteiger partial charge >= 0.3 is 18.0 Å². The minimum Gasteiger partial charge on any atom is -0.463 e. The highest BCUT2D eigenvalue weighted by Crippen LogP contribution is 2.25. The second-order valence-electron chi connectivity index (χ2n) is 7.43. The molecule has 4 rings (SSSR count). The minimum atomic E-state index is -0.666. The number of amides is 3. The van der Waals surface area contributed by atoms with Crippen LogP contribution in [0.4, 0.5) is 4.79 Å². The van der Waals surface area contributed by atoms with Crippen LogP contribution in [0.5, 0.6) is 5.75 Å². The van der Waals surface area contributed by atoms with E-state index in [2.05, 4.69) is 10.1 Å². The van der Waals surface area contributed by atoms with Crippen LogP contribution in [0.25, 0.3) is 6.08 Å². The lowest BCUT2D eigenvalue weighted by Crippen LogP contribution is -2.30. The summed E-state index contributed by atoms with van der Waals surface area (Å²) in [6, 6.07) is 15.9. The lowest BCUT2D eigenvalue weighted by Gasteiger charge is -2.09. The van der Waals surface area contributed by atoms with Gasteiger partial charge in [-0.3, -0.25) is 9.69 Å². The zero-order chi connectivity index (χ0) is 24.2. The molecule has 9 heteroatoms. The summed E-state index contributed by atoms with van der Waals surface area (Å²) < 4.78 is 15.5. The molecule has 0 bridgehead atoms. The van der Waals surface area contributed by atoms with E-state index in [-0.39, 0.29) is 29.5 Å². The van der Waals surface area contributed by atoms with Crippen molar-refractivity contribution in [3.63, 3.8) is 0 Å². The van der Waals surface area contributed by atoms with Crippen molar-refractivity contribution in [3.8, 4) is 5.75 Å². The molecule has 2 heterocycles. The van der Waals surface area contributed by atoms with Crippen LogP contribution in [0.1, 0.15) is 37.8 Å². The molecule has 1 saturated heterocycles. The monoisotopic (exact) mass is 460 g/mol. The second-order valence-corrected chi connectivity index (χ2v) is 7.43. The molecule has 2 aromatic carbocycles. The van der Waals surface area contributed by atoms with Gasteiger partial charge in [0.1, 0.15) is 17.2 Å². The van der Waals surface area contributed by atoms with Crippen LogP contribution < -0.4 is 10.1 Å². The van der Waals surface area contributed by atoms with Gasteiger partial charge in [-0.15, -0.1) is 0 Å². The number of benzene rings is 2. The number of carbonyl (C=O) groups excluding carboxylic acids is 4. The first-order valence-corrected chi connectivity index (χ1v) is 10.2. The summed E-state index contributed by atoms with van der Waals surface area (Å²) in [5.41, 5.74) is 1.74. The van der Waals surface area contributed by atoms with Crippen LogP contribution in [-0.2, 0) is 16.1 Å². The fourth-order valence-electron chi connectivity index (χ4n) is 3.32. The minimum absolute atomic E-state index is 0.00352. The highest BCUT2D eigenvalue weighted by Gasteiger charge is 2.34. The van der Waals surface area contributed by atoms with E-state index in [1.165, 1.54) is 25.3 Å². The van der Waals surface area contributed by atoms with Gasteiger partial charge in [0.2, 0.25) is 5.76 Å². The maximum absolute atomic E-state index is 12.8. The van der Waals surface area contributed by atoms with E-state index >= 15 is 0 Å². The number of ether oxygens (including phenoxy) is 2. The number of imide groups is 1. The topological polar surface area (TPSA) is 115 Å². The van der Waals surface area contributed by atoms with Crippen LogP contribution in [0.3, 0.4) is 0 Å². The number of carbonyl (C=O) groups is 4. The fraction of sp³-hybridized carbons (Fsp3) is 0.120. The molecule has 1 aliphatic rings. The van der Waals surface area contributed by atoms with Gasteiger partial charge in [0, 0.05) is 5.56 Å². The van der Waals surface area contributed by atoms with Gasteiger partial charge in [-0.2, -0.15) is 0 Å². The molecule has 0 unspecified atom stereocenters. The maximum atomic E-state index is 12.8. The molecule has 1 N–H and O–H groups in total. The van der Waals surface area contributed by atoms with Crippen LogP contribution in [0, 0.1) is 6.92 Å². The average molecular weight is 460 g/mol. The van der Waals surface area contributed by atoms with Crippen molar-refractivity contribution < 1.29 is 33.1 Å². The van der Waals surface area contributed by atoms with Gasteiger partial charge in [-0.25, -0.2) is 14.4 Å². The SMILES string of the molecule is COC(=O)c1ccc(CN2C(=O)N/C(=C/c3ccccc3OC(=O)c3cccc(C)c3)C2=O)o1. The fourth-order valence-corrected chi connectivity index (χ4v) is 3.32. The molecule has 0 saturated carbocycles. The van der Waals surface area contributed by atoms with Crippen LogP contribution in [0.15, 0.2) is 70.8 Å². The standard InChI is InChI=1S/C25H20N2O7/c1-15-6-5-8-17(12-15)23(29)34-20-9-4-3-7-16(20)13-19-22(28)27(25(31)26-19)14-18-10-11-21(33-18)24(30)32-2/h3-13H,14H2,1-2H3,(H,26,31)/b19-13+. The van der Waals surface area contributed by atoms with E-state index in [4.69, 9.17) is 9.15 Å². The van der Waals surface area contributed by atoms with E-state index < -0.39 is 23.9 Å². The van der Waals surface area contributed by atoms with Gasteiger partial charge in [0.05, 0.1) is 19.2 Å². The zero-order valence-electron chi connectivity index (χ0n) is 18.4. The molecule has 0 aliphatic carbocycles. The van der Waals surface area contributed by atoms with E-state index in [0.29, 0.717) is 11.1 Å². The number of esters is 2. The van der Waals surface area contributed by atoms with Crippen LogP contribution in [0.2, 0.25) is 0 Å². The van der Waals surface area contributed by atoms with E-state index in [9.17, 15) is 19.2 Å². The normalized spacial score (nSPS) is 14.3. The summed E-state index contributed by atoms with van der Waals surface area (Å²) >= 11 is 0. The van der Waals surface area contributed by atoms with Gasteiger partial charge in [0.15, 0.2) is 0 Å². The van der Waals surface area contributed by atoms with Crippen LogP contribution in [-0.4, -0.2) is 35.9 Å². The molecular weight excluding hydrogens is 440 g/mol. The number of furan rings is 1. The number of aryl methyl sites for hydroxylation is 1. The van der Waals surface area contributed by atoms with Crippen LogP contribution >= 0.6 is 0 Å². The predicted molar refractivity (Wildman–Crippen MR) is 120 cm³/mol. The van der Waals surface area contributed by atoms with Gasteiger partial charge in [-0.05, 0) is 43.3 Å². The number of nitrogens with one attached hydrogen (secondary N) is 1. The third-order valence-electron chi connectivity index (χ3n) is 5.00. The number of nitrogens with zero attached hydrogens (tertiary/aromatic N) is 1. The highest BCUT2D eigenvalue weighted by molar-refractivity contribution is 6.14. The molecule has 34 heavy (non-hydrogen) atoms. The molecule has 0 radical (unpaired) electrons. The van der Waals surface area contributed by atoms with Crippen molar-refractivity contribution in [2.75, 3.05) is 7.11 Å². The summed E-state index contributed by atoms with van der Waals surface area (Å²) in [6.45, 7) is 1.69. The smallest absolute Gasteiger partial charge is 0.373 e. The molecule has 9 nitrogen and oxygen atoms in total. The lowest BCUT2D eigenvalue weighted by atomic mass is 10.1. The first kappa shape index (κ1) is 22.5. The Labute approximate surface area is 194 Å². The Morgan fingerprint density at radius 2 is 1.82 bits per heavy atom.